The predicted octanol–water partition coefficient (Wildman–Crippen LogP) is 2.31. The second-order valence-electron chi connectivity index (χ2n) is 6.75. The van der Waals surface area contributed by atoms with Gasteiger partial charge in [0.05, 0.1) is 18.1 Å². The molecule has 1 aliphatic heterocycles. The maximum atomic E-state index is 4.61. The lowest BCUT2D eigenvalue weighted by Gasteiger charge is -2.22. The van der Waals surface area contributed by atoms with Crippen molar-refractivity contribution in [2.75, 3.05) is 0 Å². The SMILES string of the molecule is CC(C)C(c1ccccc1)n1cnc(-c2cc(C3NNNN3)ccn2)c1. The first-order valence-corrected chi connectivity index (χ1v) is 8.78. The van der Waals surface area contributed by atoms with Gasteiger partial charge in [-0.15, -0.1) is 0 Å². The van der Waals surface area contributed by atoms with Gasteiger partial charge in [-0.1, -0.05) is 44.2 Å². The van der Waals surface area contributed by atoms with Crippen molar-refractivity contribution in [1.82, 2.24) is 36.5 Å². The zero-order valence-electron chi connectivity index (χ0n) is 14.8. The molecule has 0 radical (unpaired) electrons. The summed E-state index contributed by atoms with van der Waals surface area (Å²) in [5.41, 5.74) is 15.9. The first kappa shape index (κ1) is 16.9. The number of rotatable bonds is 5. The zero-order valence-corrected chi connectivity index (χ0v) is 14.8. The molecule has 0 aliphatic carbocycles. The van der Waals surface area contributed by atoms with Crippen LogP contribution < -0.4 is 21.9 Å². The minimum absolute atomic E-state index is 0.0217. The average molecular weight is 349 g/mol. The van der Waals surface area contributed by atoms with Crippen LogP contribution in [-0.4, -0.2) is 14.5 Å². The molecule has 4 rings (SSSR count). The van der Waals surface area contributed by atoms with Crippen molar-refractivity contribution in [2.45, 2.75) is 26.1 Å². The molecule has 134 valence electrons. The van der Waals surface area contributed by atoms with Crippen LogP contribution in [0.25, 0.3) is 11.4 Å². The topological polar surface area (TPSA) is 78.8 Å². The van der Waals surface area contributed by atoms with Crippen LogP contribution in [0.3, 0.4) is 0 Å². The Morgan fingerprint density at radius 1 is 0.962 bits per heavy atom. The molecule has 1 saturated heterocycles. The number of hydrogen-bond donors (Lipinski definition) is 4. The summed E-state index contributed by atoms with van der Waals surface area (Å²) in [7, 11) is 0. The highest BCUT2D eigenvalue weighted by molar-refractivity contribution is 5.54. The van der Waals surface area contributed by atoms with E-state index in [2.05, 4.69) is 80.8 Å². The standard InChI is InChI=1S/C19H23N7/c1-13(2)18(14-6-4-3-5-7-14)26-11-17(21-12-26)16-10-15(8-9-20-16)19-22-24-25-23-19/h3-13,18-19,22-25H,1-2H3. The Hall–Kier alpha value is -2.58. The number of hydrogen-bond acceptors (Lipinski definition) is 6. The summed E-state index contributed by atoms with van der Waals surface area (Å²) in [4.78, 5) is 9.11. The fourth-order valence-electron chi connectivity index (χ4n) is 3.36. The smallest absolute Gasteiger partial charge is 0.111 e. The number of aromatic nitrogens is 3. The Kier molecular flexibility index (Phi) is 4.77. The lowest BCUT2D eigenvalue weighted by atomic mass is 9.96. The second-order valence-corrected chi connectivity index (χ2v) is 6.75. The third kappa shape index (κ3) is 3.38. The number of benzene rings is 1. The van der Waals surface area contributed by atoms with Gasteiger partial charge in [0, 0.05) is 12.4 Å². The maximum absolute atomic E-state index is 4.61. The molecule has 1 atom stereocenters. The van der Waals surface area contributed by atoms with E-state index in [-0.39, 0.29) is 12.2 Å². The summed E-state index contributed by atoms with van der Waals surface area (Å²) < 4.78 is 2.18. The van der Waals surface area contributed by atoms with Crippen molar-refractivity contribution < 1.29 is 0 Å². The monoisotopic (exact) mass is 349 g/mol. The fourth-order valence-corrected chi connectivity index (χ4v) is 3.36. The molecule has 0 spiro atoms. The van der Waals surface area contributed by atoms with Gasteiger partial charge in [-0.25, -0.2) is 15.8 Å². The van der Waals surface area contributed by atoms with Crippen molar-refractivity contribution in [3.05, 3.63) is 72.3 Å². The first-order valence-electron chi connectivity index (χ1n) is 8.78. The van der Waals surface area contributed by atoms with Crippen LogP contribution in [0.15, 0.2) is 61.2 Å². The molecular formula is C19H23N7. The number of nitrogens with zero attached hydrogens (tertiary/aromatic N) is 3. The normalized spacial score (nSPS) is 16.3. The molecule has 7 nitrogen and oxygen atoms in total. The molecule has 3 heterocycles. The van der Waals surface area contributed by atoms with Gasteiger partial charge in [0.1, 0.15) is 11.9 Å². The van der Waals surface area contributed by atoms with E-state index in [0.29, 0.717) is 5.92 Å². The Morgan fingerprint density at radius 2 is 1.73 bits per heavy atom. The van der Waals surface area contributed by atoms with E-state index in [1.54, 1.807) is 0 Å². The van der Waals surface area contributed by atoms with Crippen LogP contribution in [0.4, 0.5) is 0 Å². The van der Waals surface area contributed by atoms with Gasteiger partial charge < -0.3 is 4.57 Å². The lowest BCUT2D eigenvalue weighted by molar-refractivity contribution is 0.436. The molecule has 26 heavy (non-hydrogen) atoms. The first-order chi connectivity index (χ1) is 12.7. The molecule has 1 unspecified atom stereocenters. The van der Waals surface area contributed by atoms with Crippen LogP contribution in [-0.2, 0) is 0 Å². The molecule has 0 amide bonds. The van der Waals surface area contributed by atoms with Crippen LogP contribution in [0.1, 0.15) is 37.2 Å². The number of pyridine rings is 1. The Labute approximate surface area is 152 Å². The molecule has 1 fully saturated rings. The van der Waals surface area contributed by atoms with Crippen LogP contribution >= 0.6 is 0 Å². The molecule has 3 aromatic rings. The van der Waals surface area contributed by atoms with E-state index in [1.807, 2.05) is 30.7 Å². The van der Waals surface area contributed by atoms with Gasteiger partial charge in [0.2, 0.25) is 0 Å². The highest BCUT2D eigenvalue weighted by Gasteiger charge is 2.20. The molecule has 0 saturated carbocycles. The molecule has 4 N–H and O–H groups in total. The Bertz CT molecular complexity index is 853. The predicted molar refractivity (Wildman–Crippen MR) is 100 cm³/mol. The van der Waals surface area contributed by atoms with Gasteiger partial charge in [0.25, 0.3) is 0 Å². The molecule has 2 aromatic heterocycles. The van der Waals surface area contributed by atoms with Crippen molar-refractivity contribution in [3.63, 3.8) is 0 Å². The van der Waals surface area contributed by atoms with Crippen LogP contribution in [0, 0.1) is 5.92 Å². The van der Waals surface area contributed by atoms with Gasteiger partial charge in [0.15, 0.2) is 0 Å². The molecule has 0 bridgehead atoms. The Morgan fingerprint density at radius 3 is 2.46 bits per heavy atom. The van der Waals surface area contributed by atoms with Gasteiger partial charge in [-0.3, -0.25) is 4.98 Å². The molecule has 7 heteroatoms. The summed E-state index contributed by atoms with van der Waals surface area (Å²) in [5, 5.41) is 0. The molecular weight excluding hydrogens is 326 g/mol. The summed E-state index contributed by atoms with van der Waals surface area (Å²) >= 11 is 0. The third-order valence-corrected chi connectivity index (χ3v) is 4.57. The van der Waals surface area contributed by atoms with Gasteiger partial charge >= 0.3 is 0 Å². The van der Waals surface area contributed by atoms with Crippen molar-refractivity contribution in [1.29, 1.82) is 0 Å². The van der Waals surface area contributed by atoms with Crippen molar-refractivity contribution >= 4 is 0 Å². The van der Waals surface area contributed by atoms with Gasteiger partial charge in [-0.05, 0) is 29.2 Å². The van der Waals surface area contributed by atoms with Gasteiger partial charge in [-0.2, -0.15) is 11.1 Å². The number of nitrogens with one attached hydrogen (secondary N) is 4. The quantitative estimate of drug-likeness (QED) is 0.566. The lowest BCUT2D eigenvalue weighted by Crippen LogP contribution is -2.33. The van der Waals surface area contributed by atoms with Crippen molar-refractivity contribution in [2.24, 2.45) is 5.92 Å². The minimum Gasteiger partial charge on any atom is -0.329 e. The van der Waals surface area contributed by atoms with E-state index >= 15 is 0 Å². The zero-order chi connectivity index (χ0) is 17.9. The minimum atomic E-state index is -0.0217. The van der Waals surface area contributed by atoms with Crippen molar-refractivity contribution in [3.8, 4) is 11.4 Å². The molecule has 1 aliphatic rings. The highest BCUT2D eigenvalue weighted by Crippen LogP contribution is 2.28. The van der Waals surface area contributed by atoms with E-state index < -0.39 is 0 Å². The van der Waals surface area contributed by atoms with E-state index in [1.165, 1.54) is 5.56 Å². The number of imidazole rings is 1. The highest BCUT2D eigenvalue weighted by atomic mass is 15.8. The Balaban J connectivity index is 1.64. The molecule has 1 aromatic carbocycles. The number of hydrazine groups is 3. The van der Waals surface area contributed by atoms with E-state index in [4.69, 9.17) is 0 Å². The third-order valence-electron chi connectivity index (χ3n) is 4.57. The summed E-state index contributed by atoms with van der Waals surface area (Å²) in [5.74, 6) is 0.447. The fraction of sp³-hybridized carbons (Fsp3) is 0.263. The van der Waals surface area contributed by atoms with Crippen LogP contribution in [0.2, 0.25) is 0 Å². The van der Waals surface area contributed by atoms with E-state index in [9.17, 15) is 0 Å². The largest absolute Gasteiger partial charge is 0.329 e. The summed E-state index contributed by atoms with van der Waals surface area (Å²) in [6.07, 6.45) is 5.76. The average Bonchev–Trinajstić information content (AvgIpc) is 3.35. The summed E-state index contributed by atoms with van der Waals surface area (Å²) in [6, 6.07) is 14.8. The maximum Gasteiger partial charge on any atom is 0.111 e. The second kappa shape index (κ2) is 7.35. The summed E-state index contributed by atoms with van der Waals surface area (Å²) in [6.45, 7) is 4.46. The van der Waals surface area contributed by atoms with E-state index in [0.717, 1.165) is 17.0 Å². The van der Waals surface area contributed by atoms with Crippen LogP contribution in [0.5, 0.6) is 0 Å².